The highest BCUT2D eigenvalue weighted by molar-refractivity contribution is 9.10. The predicted molar refractivity (Wildman–Crippen MR) is 89.0 cm³/mol. The molecule has 0 radical (unpaired) electrons. The van der Waals surface area contributed by atoms with Crippen LogP contribution in [-0.2, 0) is 6.42 Å². The Hall–Kier alpha value is -1.17. The van der Waals surface area contributed by atoms with Crippen LogP contribution in [-0.4, -0.2) is 47.2 Å². The zero-order valence-corrected chi connectivity index (χ0v) is 13.9. The molecule has 1 fully saturated rings. The molecule has 2 heterocycles. The summed E-state index contributed by atoms with van der Waals surface area (Å²) < 4.78 is 3.23. The van der Waals surface area contributed by atoms with Crippen molar-refractivity contribution < 1.29 is 0 Å². The van der Waals surface area contributed by atoms with Crippen molar-refractivity contribution in [3.63, 3.8) is 0 Å². The van der Waals surface area contributed by atoms with Gasteiger partial charge >= 0.3 is 0 Å². The second-order valence-electron chi connectivity index (χ2n) is 5.47. The number of nitrogens with zero attached hydrogens (tertiary/aromatic N) is 3. The van der Waals surface area contributed by atoms with Crippen LogP contribution in [0.2, 0.25) is 0 Å². The second kappa shape index (κ2) is 6.73. The van der Waals surface area contributed by atoms with Crippen LogP contribution in [0, 0.1) is 6.92 Å². The summed E-state index contributed by atoms with van der Waals surface area (Å²) in [4.78, 5) is 6.81. The molecule has 21 heavy (non-hydrogen) atoms. The normalized spacial score (nSPS) is 16.3. The average molecular weight is 349 g/mol. The molecule has 1 aliphatic rings. The summed E-state index contributed by atoms with van der Waals surface area (Å²) in [5.74, 6) is 1.00. The highest BCUT2D eigenvalue weighted by Gasteiger charge is 2.10. The zero-order valence-electron chi connectivity index (χ0n) is 12.3. The third kappa shape index (κ3) is 3.54. The van der Waals surface area contributed by atoms with E-state index in [1.807, 2.05) is 19.3 Å². The summed E-state index contributed by atoms with van der Waals surface area (Å²) in [6.45, 7) is 7.70. The third-order valence-electron chi connectivity index (χ3n) is 4.02. The molecule has 0 unspecified atom stereocenters. The van der Waals surface area contributed by atoms with E-state index in [0.29, 0.717) is 0 Å². The number of benzene rings is 1. The van der Waals surface area contributed by atoms with Gasteiger partial charge in [0.1, 0.15) is 5.82 Å². The minimum atomic E-state index is 1.00. The Kier molecular flexibility index (Phi) is 4.73. The van der Waals surface area contributed by atoms with Crippen molar-refractivity contribution in [2.24, 2.45) is 0 Å². The minimum absolute atomic E-state index is 1.00. The van der Waals surface area contributed by atoms with Gasteiger partial charge in [-0.1, -0.05) is 6.07 Å². The van der Waals surface area contributed by atoms with E-state index in [-0.39, 0.29) is 0 Å². The molecule has 1 N–H and O–H groups in total. The lowest BCUT2D eigenvalue weighted by Gasteiger charge is -2.27. The maximum absolute atomic E-state index is 4.28. The highest BCUT2D eigenvalue weighted by Crippen LogP contribution is 2.23. The summed E-state index contributed by atoms with van der Waals surface area (Å²) in [5.41, 5.74) is 2.53. The fourth-order valence-corrected chi connectivity index (χ4v) is 3.37. The van der Waals surface area contributed by atoms with E-state index < -0.39 is 0 Å². The van der Waals surface area contributed by atoms with Gasteiger partial charge < -0.3 is 14.8 Å². The first-order valence-electron chi connectivity index (χ1n) is 7.46. The lowest BCUT2D eigenvalue weighted by atomic mass is 10.1. The molecular weight excluding hydrogens is 328 g/mol. The van der Waals surface area contributed by atoms with E-state index in [9.17, 15) is 0 Å². The molecule has 112 valence electrons. The van der Waals surface area contributed by atoms with Crippen LogP contribution in [0.4, 0.5) is 0 Å². The topological polar surface area (TPSA) is 33.1 Å². The molecule has 3 rings (SSSR count). The van der Waals surface area contributed by atoms with Crippen molar-refractivity contribution in [3.05, 3.63) is 46.5 Å². The quantitative estimate of drug-likeness (QED) is 0.920. The van der Waals surface area contributed by atoms with Gasteiger partial charge in [-0.05, 0) is 47.0 Å². The van der Waals surface area contributed by atoms with E-state index >= 15 is 0 Å². The summed E-state index contributed by atoms with van der Waals surface area (Å²) in [6.07, 6.45) is 4.93. The molecule has 0 bridgehead atoms. The lowest BCUT2D eigenvalue weighted by molar-refractivity contribution is 0.244. The molecule has 2 aromatic rings. The summed E-state index contributed by atoms with van der Waals surface area (Å²) in [5, 5.41) is 3.39. The van der Waals surface area contributed by atoms with Gasteiger partial charge in [0.25, 0.3) is 0 Å². The Morgan fingerprint density at radius 3 is 2.76 bits per heavy atom. The molecule has 1 aliphatic heterocycles. The second-order valence-corrected chi connectivity index (χ2v) is 6.33. The summed E-state index contributed by atoms with van der Waals surface area (Å²) in [7, 11) is 0. The largest absolute Gasteiger partial charge is 0.314 e. The molecule has 5 heteroatoms. The van der Waals surface area contributed by atoms with Crippen LogP contribution in [0.25, 0.3) is 5.69 Å². The fraction of sp³-hybridized carbons (Fsp3) is 0.438. The van der Waals surface area contributed by atoms with Crippen LogP contribution in [0.5, 0.6) is 0 Å². The highest BCUT2D eigenvalue weighted by atomic mass is 79.9. The Labute approximate surface area is 134 Å². The van der Waals surface area contributed by atoms with E-state index in [0.717, 1.165) is 55.1 Å². The Balaban J connectivity index is 1.68. The number of hydrogen-bond donors (Lipinski definition) is 1. The number of aromatic nitrogens is 2. The van der Waals surface area contributed by atoms with Crippen molar-refractivity contribution in [2.45, 2.75) is 13.3 Å². The van der Waals surface area contributed by atoms with E-state index in [1.165, 1.54) is 5.56 Å². The van der Waals surface area contributed by atoms with Crippen LogP contribution >= 0.6 is 15.9 Å². The molecule has 0 atom stereocenters. The summed E-state index contributed by atoms with van der Waals surface area (Å²) >= 11 is 3.70. The van der Waals surface area contributed by atoms with Crippen LogP contribution in [0.3, 0.4) is 0 Å². The number of hydrogen-bond acceptors (Lipinski definition) is 3. The Morgan fingerprint density at radius 1 is 1.29 bits per heavy atom. The molecule has 1 aromatic carbocycles. The van der Waals surface area contributed by atoms with Gasteiger partial charge in [-0.25, -0.2) is 4.98 Å². The van der Waals surface area contributed by atoms with Crippen LogP contribution < -0.4 is 5.32 Å². The van der Waals surface area contributed by atoms with Gasteiger partial charge in [0, 0.05) is 49.6 Å². The van der Waals surface area contributed by atoms with Gasteiger partial charge in [-0.15, -0.1) is 0 Å². The zero-order chi connectivity index (χ0) is 14.7. The molecule has 0 spiro atoms. The maximum Gasteiger partial charge on any atom is 0.110 e. The first kappa shape index (κ1) is 14.8. The van der Waals surface area contributed by atoms with Crippen LogP contribution in [0.1, 0.15) is 11.4 Å². The maximum atomic E-state index is 4.28. The van der Waals surface area contributed by atoms with Gasteiger partial charge in [0.05, 0.1) is 5.69 Å². The molecule has 1 saturated heterocycles. The van der Waals surface area contributed by atoms with Gasteiger partial charge in [0.2, 0.25) is 0 Å². The number of rotatable bonds is 4. The van der Waals surface area contributed by atoms with Crippen molar-refractivity contribution in [2.75, 3.05) is 32.7 Å². The van der Waals surface area contributed by atoms with Crippen molar-refractivity contribution in [1.82, 2.24) is 19.8 Å². The van der Waals surface area contributed by atoms with Crippen molar-refractivity contribution >= 4 is 15.9 Å². The first-order chi connectivity index (χ1) is 10.2. The Morgan fingerprint density at radius 2 is 2.10 bits per heavy atom. The molecule has 4 nitrogen and oxygen atoms in total. The van der Waals surface area contributed by atoms with E-state index in [4.69, 9.17) is 0 Å². The van der Waals surface area contributed by atoms with E-state index in [2.05, 4.69) is 53.9 Å². The van der Waals surface area contributed by atoms with Crippen LogP contribution in [0.15, 0.2) is 35.1 Å². The van der Waals surface area contributed by atoms with Gasteiger partial charge in [-0.3, -0.25) is 0 Å². The lowest BCUT2D eigenvalue weighted by Crippen LogP contribution is -2.44. The number of halogens is 1. The number of aryl methyl sites for hydroxylation is 1. The fourth-order valence-electron chi connectivity index (χ4n) is 2.76. The predicted octanol–water partition coefficient (Wildman–Crippen LogP) is 2.39. The van der Waals surface area contributed by atoms with Gasteiger partial charge in [-0.2, -0.15) is 0 Å². The number of nitrogens with one attached hydrogen (secondary N) is 1. The standard InChI is InChI=1S/C16H21BrN4/c1-13-19-7-11-21(13)16-3-2-14(12-15(16)17)4-8-20-9-5-18-6-10-20/h2-3,7,11-12,18H,4-6,8-10H2,1H3. The van der Waals surface area contributed by atoms with Crippen molar-refractivity contribution in [3.8, 4) is 5.69 Å². The molecule has 0 amide bonds. The van der Waals surface area contributed by atoms with Crippen molar-refractivity contribution in [1.29, 1.82) is 0 Å². The molecule has 0 aliphatic carbocycles. The van der Waals surface area contributed by atoms with Gasteiger partial charge in [0.15, 0.2) is 0 Å². The minimum Gasteiger partial charge on any atom is -0.314 e. The molecule has 1 aromatic heterocycles. The monoisotopic (exact) mass is 348 g/mol. The molecular formula is C16H21BrN4. The third-order valence-corrected chi connectivity index (χ3v) is 4.66. The summed E-state index contributed by atoms with van der Waals surface area (Å²) in [6, 6.07) is 6.63. The SMILES string of the molecule is Cc1nccn1-c1ccc(CCN2CCNCC2)cc1Br. The molecule has 0 saturated carbocycles. The first-order valence-corrected chi connectivity index (χ1v) is 8.25. The Bertz CT molecular complexity index is 602. The van der Waals surface area contributed by atoms with E-state index in [1.54, 1.807) is 0 Å². The number of piperazine rings is 1. The average Bonchev–Trinajstić information content (AvgIpc) is 2.92. The number of imidazole rings is 1. The smallest absolute Gasteiger partial charge is 0.110 e.